The Bertz CT molecular complexity index is 439. The second-order valence-electron chi connectivity index (χ2n) is 5.22. The molecule has 0 bridgehead atoms. The number of carbonyl (C=O) groups excluding carboxylic acids is 1. The fourth-order valence-electron chi connectivity index (χ4n) is 1.93. The summed E-state index contributed by atoms with van der Waals surface area (Å²) in [6, 6.07) is 0. The Balaban J connectivity index is 2.88. The molecule has 0 unspecified atom stereocenters. The van der Waals surface area contributed by atoms with Crippen LogP contribution in [0.4, 0.5) is 10.9 Å². The van der Waals surface area contributed by atoms with Crippen LogP contribution in [0.25, 0.3) is 0 Å². The van der Waals surface area contributed by atoms with E-state index in [1.165, 1.54) is 11.3 Å². The first-order valence-corrected chi connectivity index (χ1v) is 8.63. The molecule has 0 aliphatic carbocycles. The average molecular weight is 312 g/mol. The summed E-state index contributed by atoms with van der Waals surface area (Å²) in [4.78, 5) is 21.5. The van der Waals surface area contributed by atoms with Gasteiger partial charge >= 0.3 is 0 Å². The van der Waals surface area contributed by atoms with Gasteiger partial charge in [0.05, 0.1) is 0 Å². The van der Waals surface area contributed by atoms with Crippen LogP contribution in [0.2, 0.25) is 0 Å². The summed E-state index contributed by atoms with van der Waals surface area (Å²) in [5.41, 5.74) is 5.96. The van der Waals surface area contributed by atoms with Crippen LogP contribution in [0.15, 0.2) is 0 Å². The lowest BCUT2D eigenvalue weighted by atomic mass is 10.2. The number of thiazole rings is 1. The Morgan fingerprint density at radius 2 is 1.76 bits per heavy atom. The van der Waals surface area contributed by atoms with E-state index in [-0.39, 0.29) is 5.91 Å². The van der Waals surface area contributed by atoms with Crippen molar-refractivity contribution in [2.24, 2.45) is 0 Å². The quantitative estimate of drug-likeness (QED) is 0.760. The molecule has 0 atom stereocenters. The third kappa shape index (κ3) is 4.88. The molecular formula is C15H28N4OS. The Morgan fingerprint density at radius 1 is 1.19 bits per heavy atom. The lowest BCUT2D eigenvalue weighted by molar-refractivity contribution is 0.0756. The first-order valence-electron chi connectivity index (χ1n) is 7.81. The van der Waals surface area contributed by atoms with E-state index in [0.717, 1.165) is 50.4 Å². The standard InChI is InChI=1S/C15H28N4OS/c1-5-8-10-19(11-9-6-2)14(20)12-13(16)17-15(21-12)18(4)7-3/h5-11,16H2,1-4H3. The highest BCUT2D eigenvalue weighted by Gasteiger charge is 2.22. The van der Waals surface area contributed by atoms with E-state index >= 15 is 0 Å². The van der Waals surface area contributed by atoms with Gasteiger partial charge in [-0.1, -0.05) is 38.0 Å². The Kier molecular flexibility index (Phi) is 7.50. The molecule has 0 aliphatic rings. The van der Waals surface area contributed by atoms with E-state index in [2.05, 4.69) is 18.8 Å². The van der Waals surface area contributed by atoms with Gasteiger partial charge in [0, 0.05) is 26.7 Å². The van der Waals surface area contributed by atoms with Crippen molar-refractivity contribution < 1.29 is 4.79 Å². The third-order valence-electron chi connectivity index (χ3n) is 3.49. The Labute approximate surface area is 132 Å². The van der Waals surface area contributed by atoms with E-state index in [4.69, 9.17) is 5.73 Å². The van der Waals surface area contributed by atoms with E-state index in [9.17, 15) is 4.79 Å². The fraction of sp³-hybridized carbons (Fsp3) is 0.733. The van der Waals surface area contributed by atoms with E-state index in [0.29, 0.717) is 10.7 Å². The zero-order valence-electron chi connectivity index (χ0n) is 13.7. The normalized spacial score (nSPS) is 10.7. The van der Waals surface area contributed by atoms with Crippen molar-refractivity contribution in [2.45, 2.75) is 46.5 Å². The lowest BCUT2D eigenvalue weighted by Gasteiger charge is -2.21. The number of aromatic nitrogens is 1. The summed E-state index contributed by atoms with van der Waals surface area (Å²) in [7, 11) is 1.96. The van der Waals surface area contributed by atoms with Gasteiger partial charge < -0.3 is 15.5 Å². The molecule has 0 spiro atoms. The molecule has 0 aromatic carbocycles. The van der Waals surface area contributed by atoms with Crippen LogP contribution in [-0.4, -0.2) is 42.5 Å². The molecule has 2 N–H and O–H groups in total. The van der Waals surface area contributed by atoms with Gasteiger partial charge in [-0.2, -0.15) is 0 Å². The number of anilines is 2. The molecule has 1 amide bonds. The van der Waals surface area contributed by atoms with E-state index in [1.54, 1.807) is 0 Å². The maximum absolute atomic E-state index is 12.7. The number of nitrogens with zero attached hydrogens (tertiary/aromatic N) is 3. The second kappa shape index (κ2) is 8.87. The molecule has 0 fully saturated rings. The van der Waals surface area contributed by atoms with Crippen molar-refractivity contribution in [1.82, 2.24) is 9.88 Å². The summed E-state index contributed by atoms with van der Waals surface area (Å²) in [6.45, 7) is 8.76. The van der Waals surface area contributed by atoms with Crippen molar-refractivity contribution in [3.05, 3.63) is 4.88 Å². The second-order valence-corrected chi connectivity index (χ2v) is 6.20. The Morgan fingerprint density at radius 3 is 2.24 bits per heavy atom. The molecule has 1 heterocycles. The van der Waals surface area contributed by atoms with Crippen LogP contribution in [0.3, 0.4) is 0 Å². The SMILES string of the molecule is CCCCN(CCCC)C(=O)c1sc(N(C)CC)nc1N. The van der Waals surface area contributed by atoms with E-state index in [1.807, 2.05) is 23.8 Å². The predicted molar refractivity (Wildman–Crippen MR) is 91.2 cm³/mol. The number of hydrogen-bond acceptors (Lipinski definition) is 5. The van der Waals surface area contributed by atoms with Crippen LogP contribution < -0.4 is 10.6 Å². The first kappa shape index (κ1) is 17.8. The largest absolute Gasteiger partial charge is 0.382 e. The van der Waals surface area contributed by atoms with Crippen LogP contribution in [0.5, 0.6) is 0 Å². The first-order chi connectivity index (χ1) is 10.0. The van der Waals surface area contributed by atoms with Gasteiger partial charge in [-0.3, -0.25) is 4.79 Å². The highest BCUT2D eigenvalue weighted by atomic mass is 32.1. The lowest BCUT2D eigenvalue weighted by Crippen LogP contribution is -2.32. The van der Waals surface area contributed by atoms with Gasteiger partial charge in [-0.25, -0.2) is 4.98 Å². The number of hydrogen-bond donors (Lipinski definition) is 1. The predicted octanol–water partition coefficient (Wildman–Crippen LogP) is 3.22. The summed E-state index contributed by atoms with van der Waals surface area (Å²) < 4.78 is 0. The zero-order chi connectivity index (χ0) is 15.8. The summed E-state index contributed by atoms with van der Waals surface area (Å²) >= 11 is 1.39. The topological polar surface area (TPSA) is 62.5 Å². The van der Waals surface area contributed by atoms with Gasteiger partial charge in [0.15, 0.2) is 5.13 Å². The Hall–Kier alpha value is -1.30. The summed E-state index contributed by atoms with van der Waals surface area (Å²) in [5.74, 6) is 0.390. The molecule has 5 nitrogen and oxygen atoms in total. The number of carbonyl (C=O) groups is 1. The number of rotatable bonds is 9. The number of unbranched alkanes of at least 4 members (excludes halogenated alkanes) is 2. The summed E-state index contributed by atoms with van der Waals surface area (Å²) in [5, 5.41) is 0.810. The van der Waals surface area contributed by atoms with Crippen LogP contribution >= 0.6 is 11.3 Å². The maximum atomic E-state index is 12.7. The fourth-order valence-corrected chi connectivity index (χ4v) is 2.91. The summed E-state index contributed by atoms with van der Waals surface area (Å²) in [6.07, 6.45) is 4.21. The van der Waals surface area contributed by atoms with Crippen molar-refractivity contribution in [3.8, 4) is 0 Å². The van der Waals surface area contributed by atoms with Crippen LogP contribution in [0.1, 0.15) is 56.1 Å². The molecule has 1 aromatic rings. The van der Waals surface area contributed by atoms with Crippen molar-refractivity contribution in [1.29, 1.82) is 0 Å². The number of amides is 1. The van der Waals surface area contributed by atoms with Gasteiger partial charge in [-0.15, -0.1) is 0 Å². The van der Waals surface area contributed by atoms with Crippen LogP contribution in [0, 0.1) is 0 Å². The van der Waals surface area contributed by atoms with Crippen molar-refractivity contribution >= 4 is 28.2 Å². The van der Waals surface area contributed by atoms with Crippen LogP contribution in [-0.2, 0) is 0 Å². The minimum Gasteiger partial charge on any atom is -0.382 e. The molecule has 0 saturated carbocycles. The number of nitrogens with two attached hydrogens (primary N) is 1. The molecule has 1 rings (SSSR count). The average Bonchev–Trinajstić information content (AvgIpc) is 2.88. The zero-order valence-corrected chi connectivity index (χ0v) is 14.5. The smallest absolute Gasteiger partial charge is 0.267 e. The van der Waals surface area contributed by atoms with Crippen molar-refractivity contribution in [2.75, 3.05) is 37.3 Å². The molecule has 0 radical (unpaired) electrons. The highest BCUT2D eigenvalue weighted by molar-refractivity contribution is 7.18. The van der Waals surface area contributed by atoms with Crippen molar-refractivity contribution in [3.63, 3.8) is 0 Å². The van der Waals surface area contributed by atoms with Gasteiger partial charge in [0.1, 0.15) is 10.7 Å². The highest BCUT2D eigenvalue weighted by Crippen LogP contribution is 2.28. The maximum Gasteiger partial charge on any atom is 0.267 e. The number of nitrogen functional groups attached to an aromatic ring is 1. The third-order valence-corrected chi connectivity index (χ3v) is 4.66. The molecule has 1 aromatic heterocycles. The monoisotopic (exact) mass is 312 g/mol. The minimum absolute atomic E-state index is 0.0302. The minimum atomic E-state index is 0.0302. The van der Waals surface area contributed by atoms with E-state index < -0.39 is 0 Å². The van der Waals surface area contributed by atoms with Gasteiger partial charge in [0.2, 0.25) is 0 Å². The van der Waals surface area contributed by atoms with Gasteiger partial charge in [0.25, 0.3) is 5.91 Å². The molecule has 0 saturated heterocycles. The molecule has 0 aliphatic heterocycles. The van der Waals surface area contributed by atoms with Gasteiger partial charge in [-0.05, 0) is 19.8 Å². The molecular weight excluding hydrogens is 284 g/mol. The molecule has 21 heavy (non-hydrogen) atoms. The molecule has 120 valence electrons. The molecule has 6 heteroatoms.